The Bertz CT molecular complexity index is 1090. The zero-order valence-electron chi connectivity index (χ0n) is 19.4. The Morgan fingerprint density at radius 3 is 2.35 bits per heavy atom. The van der Waals surface area contributed by atoms with Crippen LogP contribution >= 0.6 is 0 Å². The number of para-hydroxylation sites is 1. The number of nitrogens with zero attached hydrogens (tertiary/aromatic N) is 1. The Hall–Kier alpha value is -2.95. The predicted molar refractivity (Wildman–Crippen MR) is 129 cm³/mol. The molecular formula is C24H31N3O6S. The lowest BCUT2D eigenvalue weighted by atomic mass is 9.94. The summed E-state index contributed by atoms with van der Waals surface area (Å²) in [6.45, 7) is 4.76. The number of aliphatic hydroxyl groups is 1. The van der Waals surface area contributed by atoms with Crippen LogP contribution in [0.3, 0.4) is 0 Å². The van der Waals surface area contributed by atoms with Crippen LogP contribution in [0.4, 0.5) is 11.4 Å². The first-order chi connectivity index (χ1) is 16.2. The summed E-state index contributed by atoms with van der Waals surface area (Å²) in [6, 6.07) is 12.6. The third-order valence-electron chi connectivity index (χ3n) is 5.52. The molecule has 184 valence electrons. The van der Waals surface area contributed by atoms with Crippen LogP contribution in [0.2, 0.25) is 0 Å². The van der Waals surface area contributed by atoms with Gasteiger partial charge in [-0.15, -0.1) is 0 Å². The fourth-order valence-electron chi connectivity index (χ4n) is 4.07. The Labute approximate surface area is 200 Å². The molecule has 2 atom stereocenters. The van der Waals surface area contributed by atoms with E-state index in [-0.39, 0.29) is 23.6 Å². The number of carbonyl (C=O) groups excluding carboxylic acids is 2. The largest absolute Gasteiger partial charge is 0.452 e. The molecule has 1 aliphatic rings. The minimum atomic E-state index is -3.61. The maximum atomic E-state index is 13.0. The van der Waals surface area contributed by atoms with Crippen LogP contribution in [0.25, 0.3) is 0 Å². The van der Waals surface area contributed by atoms with Crippen molar-refractivity contribution in [2.45, 2.75) is 25.2 Å². The van der Waals surface area contributed by atoms with Crippen molar-refractivity contribution >= 4 is 33.3 Å². The molecule has 2 aromatic carbocycles. The Morgan fingerprint density at radius 1 is 1.06 bits per heavy atom. The lowest BCUT2D eigenvalue weighted by molar-refractivity contribution is -0.119. The topological polar surface area (TPSA) is 125 Å². The van der Waals surface area contributed by atoms with Crippen LogP contribution in [0, 0.1) is 11.8 Å². The number of rotatable bonds is 9. The summed E-state index contributed by atoms with van der Waals surface area (Å²) >= 11 is 0. The summed E-state index contributed by atoms with van der Waals surface area (Å²) in [5.74, 6) is -0.625. The average molecular weight is 490 g/mol. The first-order valence-corrected chi connectivity index (χ1v) is 12.7. The highest BCUT2D eigenvalue weighted by Gasteiger charge is 2.31. The third-order valence-corrected chi connectivity index (χ3v) is 7.37. The van der Waals surface area contributed by atoms with E-state index in [0.717, 1.165) is 6.42 Å². The molecule has 1 fully saturated rings. The van der Waals surface area contributed by atoms with Gasteiger partial charge in [0.15, 0.2) is 6.61 Å². The van der Waals surface area contributed by atoms with E-state index >= 15 is 0 Å². The summed E-state index contributed by atoms with van der Waals surface area (Å²) in [5, 5.41) is 14.5. The molecule has 0 aliphatic carbocycles. The lowest BCUT2D eigenvalue weighted by Crippen LogP contribution is -2.42. The molecule has 3 N–H and O–H groups in total. The number of hydrogen-bond acceptors (Lipinski definition) is 7. The van der Waals surface area contributed by atoms with E-state index in [1.165, 1.54) is 28.6 Å². The van der Waals surface area contributed by atoms with E-state index < -0.39 is 28.5 Å². The number of esters is 1. The summed E-state index contributed by atoms with van der Waals surface area (Å²) in [5.41, 5.74) is 1.14. The van der Waals surface area contributed by atoms with Gasteiger partial charge in [-0.2, -0.15) is 4.31 Å². The van der Waals surface area contributed by atoms with Gasteiger partial charge in [0.25, 0.3) is 5.91 Å². The maximum absolute atomic E-state index is 13.0. The second kappa shape index (κ2) is 11.5. The number of sulfonamides is 1. The number of benzene rings is 2. The SMILES string of the molecule is CC1CC(C)CN(S(=O)(=O)c2ccc(NC(=O)COC(=O)c3ccccc3NCCO)cc2)C1. The van der Waals surface area contributed by atoms with Gasteiger partial charge in [-0.05, 0) is 54.7 Å². The molecule has 0 bridgehead atoms. The quantitative estimate of drug-likeness (QED) is 0.462. The van der Waals surface area contributed by atoms with Crippen molar-refractivity contribution in [2.24, 2.45) is 11.8 Å². The third kappa shape index (κ3) is 6.55. The minimum absolute atomic E-state index is 0.0951. The van der Waals surface area contributed by atoms with E-state index in [2.05, 4.69) is 10.6 Å². The van der Waals surface area contributed by atoms with Gasteiger partial charge in [-0.1, -0.05) is 26.0 Å². The smallest absolute Gasteiger partial charge is 0.340 e. The number of amides is 1. The summed E-state index contributed by atoms with van der Waals surface area (Å²) in [4.78, 5) is 24.8. The molecule has 0 spiro atoms. The molecule has 0 saturated carbocycles. The van der Waals surface area contributed by atoms with Crippen LogP contribution < -0.4 is 10.6 Å². The van der Waals surface area contributed by atoms with E-state index in [0.29, 0.717) is 36.3 Å². The van der Waals surface area contributed by atoms with Crippen LogP contribution in [0.15, 0.2) is 53.4 Å². The van der Waals surface area contributed by atoms with Crippen LogP contribution in [-0.4, -0.2) is 62.6 Å². The van der Waals surface area contributed by atoms with Crippen LogP contribution in [0.1, 0.15) is 30.6 Å². The molecule has 3 rings (SSSR count). The second-order valence-electron chi connectivity index (χ2n) is 8.61. The fraction of sp³-hybridized carbons (Fsp3) is 0.417. The van der Waals surface area contributed by atoms with Crippen molar-refractivity contribution in [3.05, 3.63) is 54.1 Å². The Morgan fingerprint density at radius 2 is 1.71 bits per heavy atom. The number of ether oxygens (including phenoxy) is 1. The standard InChI is InChI=1S/C24H31N3O6S/c1-17-13-18(2)15-27(14-17)34(31,32)20-9-7-19(8-10-20)26-23(29)16-33-24(30)21-5-3-4-6-22(21)25-11-12-28/h3-10,17-18,25,28H,11-16H2,1-2H3,(H,26,29). The van der Waals surface area contributed by atoms with Crippen molar-refractivity contribution < 1.29 is 27.9 Å². The van der Waals surface area contributed by atoms with Crippen LogP contribution in [-0.2, 0) is 19.6 Å². The number of piperidine rings is 1. The van der Waals surface area contributed by atoms with Crippen molar-refractivity contribution in [1.29, 1.82) is 0 Å². The summed E-state index contributed by atoms with van der Waals surface area (Å²) < 4.78 is 32.6. The number of hydrogen-bond donors (Lipinski definition) is 3. The number of nitrogens with one attached hydrogen (secondary N) is 2. The molecule has 34 heavy (non-hydrogen) atoms. The Balaban J connectivity index is 1.57. The molecule has 1 aliphatic heterocycles. The summed E-state index contributed by atoms with van der Waals surface area (Å²) in [6.07, 6.45) is 1.01. The second-order valence-corrected chi connectivity index (χ2v) is 10.6. The van der Waals surface area contributed by atoms with Crippen molar-refractivity contribution in [1.82, 2.24) is 4.31 Å². The van der Waals surface area contributed by atoms with Crippen molar-refractivity contribution in [3.63, 3.8) is 0 Å². The minimum Gasteiger partial charge on any atom is -0.452 e. The van der Waals surface area contributed by atoms with E-state index in [4.69, 9.17) is 9.84 Å². The highest BCUT2D eigenvalue weighted by Crippen LogP contribution is 2.27. The van der Waals surface area contributed by atoms with Gasteiger partial charge in [-0.25, -0.2) is 13.2 Å². The molecule has 10 heteroatoms. The van der Waals surface area contributed by atoms with E-state index in [1.54, 1.807) is 24.3 Å². The van der Waals surface area contributed by atoms with E-state index in [1.807, 2.05) is 13.8 Å². The first kappa shape index (κ1) is 25.7. The monoisotopic (exact) mass is 489 g/mol. The van der Waals surface area contributed by atoms with Crippen LogP contribution in [0.5, 0.6) is 0 Å². The molecule has 1 saturated heterocycles. The molecule has 9 nitrogen and oxygen atoms in total. The number of anilines is 2. The van der Waals surface area contributed by atoms with Gasteiger partial charge < -0.3 is 20.5 Å². The maximum Gasteiger partial charge on any atom is 0.340 e. The van der Waals surface area contributed by atoms with Gasteiger partial charge in [0.2, 0.25) is 10.0 Å². The predicted octanol–water partition coefficient (Wildman–Crippen LogP) is 2.55. The molecular weight excluding hydrogens is 458 g/mol. The number of carbonyl (C=O) groups is 2. The van der Waals surface area contributed by atoms with Crippen molar-refractivity contribution in [2.75, 3.05) is 43.5 Å². The average Bonchev–Trinajstić information content (AvgIpc) is 2.81. The van der Waals surface area contributed by atoms with Gasteiger partial charge in [-0.3, -0.25) is 4.79 Å². The zero-order chi connectivity index (χ0) is 24.7. The molecule has 0 aromatic heterocycles. The highest BCUT2D eigenvalue weighted by atomic mass is 32.2. The number of aliphatic hydroxyl groups excluding tert-OH is 1. The fourth-order valence-corrected chi connectivity index (χ4v) is 5.75. The lowest BCUT2D eigenvalue weighted by Gasteiger charge is -2.34. The van der Waals surface area contributed by atoms with Gasteiger partial charge in [0, 0.05) is 31.0 Å². The molecule has 0 radical (unpaired) electrons. The normalized spacial score (nSPS) is 18.8. The van der Waals surface area contributed by atoms with Crippen molar-refractivity contribution in [3.8, 4) is 0 Å². The zero-order valence-corrected chi connectivity index (χ0v) is 20.2. The van der Waals surface area contributed by atoms with Gasteiger partial charge in [0.05, 0.1) is 17.1 Å². The van der Waals surface area contributed by atoms with Gasteiger partial charge in [0.1, 0.15) is 0 Å². The summed E-state index contributed by atoms with van der Waals surface area (Å²) in [7, 11) is -3.61. The van der Waals surface area contributed by atoms with E-state index in [9.17, 15) is 18.0 Å². The molecule has 2 aromatic rings. The van der Waals surface area contributed by atoms with Gasteiger partial charge >= 0.3 is 5.97 Å². The Kier molecular flexibility index (Phi) is 8.65. The molecule has 1 amide bonds. The first-order valence-electron chi connectivity index (χ1n) is 11.2. The molecule has 2 unspecified atom stereocenters. The molecule has 1 heterocycles. The highest BCUT2D eigenvalue weighted by molar-refractivity contribution is 7.89.